The number of hydrogen-bond donors (Lipinski definition) is 6. The van der Waals surface area contributed by atoms with Crippen molar-refractivity contribution in [2.24, 2.45) is 5.73 Å². The van der Waals surface area contributed by atoms with Crippen molar-refractivity contribution in [3.05, 3.63) is 0 Å². The van der Waals surface area contributed by atoms with Gasteiger partial charge in [-0.05, 0) is 6.92 Å². The van der Waals surface area contributed by atoms with E-state index in [-0.39, 0.29) is 0 Å². The number of carbonyl (C=O) groups is 2. The maximum absolute atomic E-state index is 11.4. The third-order valence-electron chi connectivity index (χ3n) is 2.16. The number of ketones is 2. The summed E-state index contributed by atoms with van der Waals surface area (Å²) in [6.07, 6.45) is -8.11. The maximum Gasteiger partial charge on any atom is 0.231 e. The molecule has 0 heterocycles. The third-order valence-corrected chi connectivity index (χ3v) is 2.16. The van der Waals surface area contributed by atoms with Crippen LogP contribution in [-0.4, -0.2) is 74.2 Å². The lowest BCUT2D eigenvalue weighted by Gasteiger charge is -2.24. The summed E-state index contributed by atoms with van der Waals surface area (Å²) in [5.41, 5.74) is 1.74. The summed E-state index contributed by atoms with van der Waals surface area (Å²) in [7, 11) is 0. The molecule has 0 aromatic rings. The topological polar surface area (TPSA) is 161 Å². The molecule has 0 aliphatic rings. The molecular formula is C9H17NO7. The highest BCUT2D eigenvalue weighted by atomic mass is 16.4. The highest BCUT2D eigenvalue weighted by molar-refractivity contribution is 6.40. The second-order valence-corrected chi connectivity index (χ2v) is 3.63. The molecule has 0 rings (SSSR count). The van der Waals surface area contributed by atoms with Gasteiger partial charge in [-0.1, -0.05) is 0 Å². The van der Waals surface area contributed by atoms with Crippen molar-refractivity contribution in [2.75, 3.05) is 6.61 Å². The number of aliphatic hydroxyl groups excluding tert-OH is 5. The van der Waals surface area contributed by atoms with E-state index in [0.29, 0.717) is 0 Å². The fourth-order valence-corrected chi connectivity index (χ4v) is 1.04. The number of carbonyl (C=O) groups excluding carboxylic acids is 2. The number of rotatable bonds is 8. The zero-order chi connectivity index (χ0) is 14.5. The monoisotopic (exact) mass is 252 g/mol. The summed E-state index contributed by atoms with van der Waals surface area (Å²) in [4.78, 5) is 22.6. The molecule has 5 atom stereocenters. The Morgan fingerprint density at radius 2 is 1.71 bits per heavy atom. The number of nitrogens with two attached hydrogens (primary N) is 1. The van der Waals surface area contributed by atoms with Crippen LogP contribution in [0.1, 0.15) is 6.92 Å². The minimum absolute atomic E-state index is 0.891. The molecule has 0 saturated carbocycles. The van der Waals surface area contributed by atoms with Gasteiger partial charge in [-0.25, -0.2) is 0 Å². The molecule has 8 nitrogen and oxygen atoms in total. The second kappa shape index (κ2) is 6.74. The van der Waals surface area contributed by atoms with E-state index in [4.69, 9.17) is 11.6 Å². The smallest absolute Gasteiger partial charge is 0.231 e. The molecule has 0 fully saturated rings. The summed E-state index contributed by atoms with van der Waals surface area (Å²) in [6.45, 7) is 0.309. The Kier molecular flexibility index (Phi) is 5.62. The van der Waals surface area contributed by atoms with Crippen LogP contribution in [0.25, 0.3) is 0 Å². The van der Waals surface area contributed by atoms with E-state index >= 15 is 0 Å². The molecule has 0 unspecified atom stereocenters. The summed E-state index contributed by atoms with van der Waals surface area (Å²) in [6, 6.07) is -1.18. The van der Waals surface area contributed by atoms with Crippen LogP contribution in [0.15, 0.2) is 0 Å². The first-order chi connectivity index (χ1) is 8.27. The summed E-state index contributed by atoms with van der Waals surface area (Å²) >= 11 is 0. The first-order valence-corrected chi connectivity index (χ1v) is 4.86. The molecule has 0 saturated heterocycles. The quantitative estimate of drug-likeness (QED) is 0.237. The lowest BCUT2D eigenvalue weighted by molar-refractivity contribution is -0.154. The van der Waals surface area contributed by atoms with Gasteiger partial charge < -0.3 is 31.3 Å². The zero-order valence-corrected chi connectivity index (χ0v) is 9.15. The number of hydrogen-bond acceptors (Lipinski definition) is 8. The Hall–Kier alpha value is -0.900. The highest BCUT2D eigenvalue weighted by Crippen LogP contribution is 2.07. The van der Waals surface area contributed by atoms with Crippen LogP contribution in [0, 0.1) is 0 Å². The fourth-order valence-electron chi connectivity index (χ4n) is 1.04. The molecule has 0 bridgehead atoms. The van der Waals surface area contributed by atoms with Gasteiger partial charge in [0.25, 0.3) is 0 Å². The van der Waals surface area contributed by atoms with Crippen LogP contribution in [0.5, 0.6) is 0 Å². The molecule has 0 aliphatic heterocycles. The normalized spacial score (nSPS) is 20.9. The van der Waals surface area contributed by atoms with E-state index < -0.39 is 48.6 Å². The minimum Gasteiger partial charge on any atom is -0.394 e. The van der Waals surface area contributed by atoms with Crippen molar-refractivity contribution in [3.8, 4) is 0 Å². The van der Waals surface area contributed by atoms with Crippen LogP contribution in [0.3, 0.4) is 0 Å². The minimum atomic E-state index is -2.25. The van der Waals surface area contributed by atoms with Crippen LogP contribution in [-0.2, 0) is 9.59 Å². The molecule has 7 N–H and O–H groups in total. The van der Waals surface area contributed by atoms with Crippen LogP contribution < -0.4 is 5.73 Å². The Bertz CT molecular complexity index is 301. The zero-order valence-electron chi connectivity index (χ0n) is 10.1. The average Bonchev–Trinajstić information content (AvgIpc) is 2.40. The molecule has 100 valence electrons. The van der Waals surface area contributed by atoms with E-state index in [0.717, 1.165) is 0 Å². The van der Waals surface area contributed by atoms with Gasteiger partial charge in [0, 0.05) is 0 Å². The van der Waals surface area contributed by atoms with Crippen LogP contribution in [0.4, 0.5) is 0 Å². The van der Waals surface area contributed by atoms with Crippen molar-refractivity contribution >= 4 is 11.6 Å². The Labute approximate surface area is 98.8 Å². The van der Waals surface area contributed by atoms with Crippen LogP contribution >= 0.6 is 0 Å². The highest BCUT2D eigenvalue weighted by Gasteiger charge is 2.37. The van der Waals surface area contributed by atoms with Crippen molar-refractivity contribution in [1.82, 2.24) is 0 Å². The van der Waals surface area contributed by atoms with Gasteiger partial charge >= 0.3 is 0 Å². The molecule has 17 heavy (non-hydrogen) atoms. The lowest BCUT2D eigenvalue weighted by Crippen LogP contribution is -2.52. The molecule has 0 aromatic heterocycles. The second-order valence-electron chi connectivity index (χ2n) is 3.63. The Balaban J connectivity index is 4.68. The molecule has 0 amide bonds. The molecule has 0 aliphatic carbocycles. The van der Waals surface area contributed by atoms with E-state index in [2.05, 4.69) is 0 Å². The van der Waals surface area contributed by atoms with Gasteiger partial charge in [0.2, 0.25) is 11.6 Å². The van der Waals surface area contributed by atoms with E-state index in [1.54, 1.807) is 5.73 Å². The molecule has 0 spiro atoms. The van der Waals surface area contributed by atoms with Gasteiger partial charge in [0.1, 0.15) is 25.8 Å². The van der Waals surface area contributed by atoms with Crippen LogP contribution in [0.2, 0.25) is 1.41 Å². The van der Waals surface area contributed by atoms with Gasteiger partial charge in [0.15, 0.2) is 0 Å². The predicted octanol–water partition coefficient (Wildman–Crippen LogP) is -4.09. The SMILES string of the molecule is [2H]N[C@@H](C)C(=O)C(=O)[C@H](O)[C@@H](O)[C@@H](O)[C@H](O)CO. The molecule has 0 radical (unpaired) electrons. The predicted molar refractivity (Wildman–Crippen MR) is 54.8 cm³/mol. The van der Waals surface area contributed by atoms with E-state index in [1.165, 1.54) is 6.92 Å². The molecule has 0 aromatic carbocycles. The van der Waals surface area contributed by atoms with Gasteiger partial charge in [-0.15, -0.1) is 0 Å². The molecular weight excluding hydrogens is 234 g/mol. The maximum atomic E-state index is 11.4. The Morgan fingerprint density at radius 1 is 1.18 bits per heavy atom. The van der Waals surface area contributed by atoms with Gasteiger partial charge in [-0.2, -0.15) is 0 Å². The number of aliphatic hydroxyl groups is 5. The number of Topliss-reactive ketones (excluding diaryl/α,β-unsaturated/α-hetero) is 2. The summed E-state index contributed by atoms with van der Waals surface area (Å²) in [5, 5.41) is 45.5. The van der Waals surface area contributed by atoms with Gasteiger partial charge in [0.05, 0.1) is 12.6 Å². The van der Waals surface area contributed by atoms with Crippen molar-refractivity contribution < 1.29 is 36.5 Å². The standard InChI is InChI=1S/C9H17NO7/c1-3(10)5(13)7(15)9(17)8(16)6(14)4(12)2-11/h3-4,6,8-9,11-12,14,16-17H,2,10H2,1H3/t3-,4+,6-,8-,9-/m0/s1/i/hD. The first-order valence-electron chi connectivity index (χ1n) is 5.36. The Morgan fingerprint density at radius 3 is 2.12 bits per heavy atom. The third kappa shape index (κ3) is 4.11. The summed E-state index contributed by atoms with van der Waals surface area (Å²) < 4.78 is 6.67. The summed E-state index contributed by atoms with van der Waals surface area (Å²) in [5.74, 6) is -2.55. The van der Waals surface area contributed by atoms with Crippen molar-refractivity contribution in [3.63, 3.8) is 0 Å². The largest absolute Gasteiger partial charge is 0.394 e. The van der Waals surface area contributed by atoms with E-state index in [1.807, 2.05) is 0 Å². The average molecular weight is 252 g/mol. The first kappa shape index (κ1) is 14.2. The van der Waals surface area contributed by atoms with E-state index in [9.17, 15) is 24.9 Å². The van der Waals surface area contributed by atoms with Crippen molar-refractivity contribution in [2.45, 2.75) is 37.4 Å². The lowest BCUT2D eigenvalue weighted by atomic mass is 9.97. The fraction of sp³-hybridized carbons (Fsp3) is 0.778. The van der Waals surface area contributed by atoms with Crippen molar-refractivity contribution in [1.29, 1.82) is 0 Å². The van der Waals surface area contributed by atoms with Gasteiger partial charge in [-0.3, -0.25) is 9.59 Å². The molecule has 8 heteroatoms.